The zero-order chi connectivity index (χ0) is 28.6. The predicted octanol–water partition coefficient (Wildman–Crippen LogP) is 7.22. The summed E-state index contributed by atoms with van der Waals surface area (Å²) < 4.78 is 32.3. The van der Waals surface area contributed by atoms with Gasteiger partial charge in [0.15, 0.2) is 0 Å². The monoisotopic (exact) mass is 524 g/mol. The maximum Gasteiger partial charge on any atom is 0.410 e. The highest BCUT2D eigenvalue weighted by atomic mass is 19.1. The number of aliphatic hydroxyl groups is 1. The van der Waals surface area contributed by atoms with Gasteiger partial charge in [0.05, 0.1) is 6.10 Å². The molecule has 0 aromatic rings. The molecule has 2 unspecified atom stereocenters. The van der Waals surface area contributed by atoms with Gasteiger partial charge >= 0.3 is 6.09 Å². The molecule has 212 valence electrons. The van der Waals surface area contributed by atoms with Crippen LogP contribution in [0.15, 0.2) is 59.5 Å². The summed E-state index contributed by atoms with van der Waals surface area (Å²) in [6, 6.07) is 0. The summed E-state index contributed by atoms with van der Waals surface area (Å²) in [5, 5.41) is 14.1. The molecule has 0 spiro atoms. The summed E-state index contributed by atoms with van der Waals surface area (Å²) in [5.41, 5.74) is 3.05. The normalized spacial score (nSPS) is 14.8. The zero-order valence-electron chi connectivity index (χ0n) is 24.1. The number of aliphatic hydroxyl groups excluding tert-OH is 1. The topological polar surface area (TPSA) is 61.8 Å². The van der Waals surface area contributed by atoms with Gasteiger partial charge in [0.25, 0.3) is 0 Å². The number of carbonyl (C=O) groups is 1. The minimum Gasteiger partial charge on any atom is -0.444 e. The highest BCUT2D eigenvalue weighted by Gasteiger charge is 2.23. The van der Waals surface area contributed by atoms with Gasteiger partial charge in [-0.1, -0.05) is 57.6 Å². The largest absolute Gasteiger partial charge is 0.444 e. The number of alkyl halides is 1. The number of ether oxygens (including phenoxy) is 1. The number of halogens is 2. The molecule has 0 radical (unpaired) electrons. The lowest BCUT2D eigenvalue weighted by Gasteiger charge is -2.28. The Hall–Kier alpha value is -2.25. The van der Waals surface area contributed by atoms with Crippen molar-refractivity contribution in [2.75, 3.05) is 32.9 Å². The van der Waals surface area contributed by atoms with Crippen LogP contribution in [0, 0.1) is 5.92 Å². The number of hydrogen-bond donors (Lipinski definition) is 2. The summed E-state index contributed by atoms with van der Waals surface area (Å²) in [6.07, 6.45) is 5.97. The van der Waals surface area contributed by atoms with Crippen LogP contribution in [0.1, 0.15) is 74.1 Å². The first-order valence-electron chi connectivity index (χ1n) is 13.3. The van der Waals surface area contributed by atoms with Crippen molar-refractivity contribution in [2.45, 2.75) is 85.9 Å². The highest BCUT2D eigenvalue weighted by molar-refractivity contribution is 5.68. The zero-order valence-corrected chi connectivity index (χ0v) is 24.1. The van der Waals surface area contributed by atoms with Crippen molar-refractivity contribution < 1.29 is 23.4 Å². The summed E-state index contributed by atoms with van der Waals surface area (Å²) in [5.74, 6) is -0.955. The SMILES string of the molecule is C=C(/C=C(/CNCC(O)C(C)C/C(=C/C(F)=C\CF)CN(CC)C(=O)OC(C)(C)C)C(=C)CCC)CC. The minimum atomic E-state index is -0.926. The molecule has 0 saturated carbocycles. The minimum absolute atomic E-state index is 0.117. The van der Waals surface area contributed by atoms with Gasteiger partial charge in [0, 0.05) is 26.2 Å². The van der Waals surface area contributed by atoms with Gasteiger partial charge in [-0.3, -0.25) is 0 Å². The van der Waals surface area contributed by atoms with Crippen LogP contribution in [0.5, 0.6) is 0 Å². The number of hydrogen-bond acceptors (Lipinski definition) is 4. The molecule has 2 N–H and O–H groups in total. The first-order valence-corrected chi connectivity index (χ1v) is 13.3. The first kappa shape index (κ1) is 34.8. The van der Waals surface area contributed by atoms with Crippen LogP contribution in [-0.2, 0) is 4.74 Å². The van der Waals surface area contributed by atoms with Gasteiger partial charge in [0.1, 0.15) is 18.1 Å². The number of rotatable bonds is 17. The molecular formula is C30H50F2N2O3. The average Bonchev–Trinajstić information content (AvgIpc) is 2.80. The van der Waals surface area contributed by atoms with E-state index in [9.17, 15) is 18.7 Å². The highest BCUT2D eigenvalue weighted by Crippen LogP contribution is 2.21. The molecule has 0 rings (SSSR count). The van der Waals surface area contributed by atoms with E-state index in [1.54, 1.807) is 20.8 Å². The Morgan fingerprint density at radius 3 is 2.35 bits per heavy atom. The first-order chi connectivity index (χ1) is 17.3. The molecule has 0 aromatic carbocycles. The number of likely N-dealkylation sites (N-methyl/N-ethyl adjacent to an activating group) is 1. The lowest BCUT2D eigenvalue weighted by atomic mass is 9.94. The van der Waals surface area contributed by atoms with Crippen molar-refractivity contribution in [1.29, 1.82) is 0 Å². The van der Waals surface area contributed by atoms with E-state index in [1.165, 1.54) is 11.0 Å². The van der Waals surface area contributed by atoms with Gasteiger partial charge in [-0.2, -0.15) is 0 Å². The second kappa shape index (κ2) is 18.1. The number of nitrogens with zero attached hydrogens (tertiary/aromatic N) is 1. The quantitative estimate of drug-likeness (QED) is 0.197. The molecule has 2 atom stereocenters. The molecule has 7 heteroatoms. The molecule has 5 nitrogen and oxygen atoms in total. The van der Waals surface area contributed by atoms with Crippen molar-refractivity contribution in [2.24, 2.45) is 5.92 Å². The Bertz CT molecular complexity index is 825. The van der Waals surface area contributed by atoms with E-state index in [0.29, 0.717) is 31.6 Å². The Balaban J connectivity index is 5.41. The van der Waals surface area contributed by atoms with Crippen LogP contribution >= 0.6 is 0 Å². The van der Waals surface area contributed by atoms with E-state index < -0.39 is 30.3 Å². The maximum absolute atomic E-state index is 14.2. The maximum atomic E-state index is 14.2. The van der Waals surface area contributed by atoms with E-state index in [4.69, 9.17) is 4.74 Å². The number of amides is 1. The van der Waals surface area contributed by atoms with Crippen LogP contribution in [0.2, 0.25) is 0 Å². The fraction of sp³-hybridized carbons (Fsp3) is 0.633. The smallest absolute Gasteiger partial charge is 0.410 e. The lowest BCUT2D eigenvalue weighted by Crippen LogP contribution is -2.38. The van der Waals surface area contributed by atoms with Crippen LogP contribution in [-0.4, -0.2) is 60.7 Å². The van der Waals surface area contributed by atoms with Crippen molar-refractivity contribution in [3.8, 4) is 0 Å². The molecule has 0 heterocycles. The molecule has 0 aliphatic carbocycles. The molecular weight excluding hydrogens is 474 g/mol. The molecule has 0 bridgehead atoms. The van der Waals surface area contributed by atoms with Crippen LogP contribution in [0.3, 0.4) is 0 Å². The number of carbonyl (C=O) groups excluding carboxylic acids is 1. The second-order valence-corrected chi connectivity index (χ2v) is 10.5. The molecule has 0 fully saturated rings. The van der Waals surface area contributed by atoms with E-state index >= 15 is 0 Å². The Kier molecular flexibility index (Phi) is 17.0. The van der Waals surface area contributed by atoms with Crippen molar-refractivity contribution >= 4 is 6.09 Å². The van der Waals surface area contributed by atoms with Crippen molar-refractivity contribution in [3.63, 3.8) is 0 Å². The average molecular weight is 525 g/mol. The molecule has 37 heavy (non-hydrogen) atoms. The molecule has 1 amide bonds. The van der Waals surface area contributed by atoms with E-state index in [2.05, 4.69) is 38.4 Å². The molecule has 0 saturated heterocycles. The van der Waals surface area contributed by atoms with Gasteiger partial charge < -0.3 is 20.1 Å². The van der Waals surface area contributed by atoms with Gasteiger partial charge in [-0.05, 0) is 76.2 Å². The van der Waals surface area contributed by atoms with Crippen molar-refractivity contribution in [3.05, 3.63) is 59.5 Å². The lowest BCUT2D eigenvalue weighted by molar-refractivity contribution is 0.0273. The second-order valence-electron chi connectivity index (χ2n) is 10.5. The third kappa shape index (κ3) is 15.6. The fourth-order valence-corrected chi connectivity index (χ4v) is 3.57. The Labute approximate surface area is 224 Å². The molecule has 0 aromatic heterocycles. The van der Waals surface area contributed by atoms with Gasteiger partial charge in [-0.25, -0.2) is 13.6 Å². The number of nitrogens with one attached hydrogen (secondary N) is 1. The molecule has 0 aliphatic rings. The Morgan fingerprint density at radius 1 is 1.19 bits per heavy atom. The third-order valence-corrected chi connectivity index (χ3v) is 5.79. The van der Waals surface area contributed by atoms with Crippen LogP contribution in [0.4, 0.5) is 13.6 Å². The van der Waals surface area contributed by atoms with E-state index in [-0.39, 0.29) is 12.5 Å². The third-order valence-electron chi connectivity index (χ3n) is 5.79. The summed E-state index contributed by atoms with van der Waals surface area (Å²) >= 11 is 0. The molecule has 0 aliphatic heterocycles. The number of allylic oxidation sites excluding steroid dienone is 5. The summed E-state index contributed by atoms with van der Waals surface area (Å²) in [4.78, 5) is 14.1. The fourth-order valence-electron chi connectivity index (χ4n) is 3.57. The van der Waals surface area contributed by atoms with E-state index in [1.807, 2.05) is 13.8 Å². The van der Waals surface area contributed by atoms with E-state index in [0.717, 1.165) is 42.1 Å². The standard InChI is InChI=1S/C30H50F2N2O3/c1-10-13-23(5)26(16-22(4)11-2)19-33-20-28(35)24(6)17-25(18-27(32)14-15-31)21-34(12-3)29(36)37-30(7,8)9/h14,16,18,24,28,33,35H,4-5,10-13,15,17,19-21H2,1-3,6-9H3/b25-18-,26-16-,27-14+. The van der Waals surface area contributed by atoms with Gasteiger partial charge in [-0.15, -0.1) is 0 Å². The van der Waals surface area contributed by atoms with Crippen molar-refractivity contribution in [1.82, 2.24) is 10.2 Å². The predicted molar refractivity (Wildman–Crippen MR) is 151 cm³/mol. The van der Waals surface area contributed by atoms with Gasteiger partial charge in [0.2, 0.25) is 0 Å². The summed E-state index contributed by atoms with van der Waals surface area (Å²) in [7, 11) is 0. The van der Waals surface area contributed by atoms with Crippen LogP contribution < -0.4 is 5.32 Å². The Morgan fingerprint density at radius 2 is 1.84 bits per heavy atom. The van der Waals surface area contributed by atoms with Crippen LogP contribution in [0.25, 0.3) is 0 Å². The summed E-state index contributed by atoms with van der Waals surface area (Å²) in [6.45, 7) is 21.9.